The number of hydrogen-bond acceptors (Lipinski definition) is 7. The molecule has 1 amide bonds. The van der Waals surface area contributed by atoms with E-state index in [4.69, 9.17) is 9.15 Å². The first-order valence-corrected chi connectivity index (χ1v) is 10.5. The van der Waals surface area contributed by atoms with Gasteiger partial charge in [0, 0.05) is 34.2 Å². The van der Waals surface area contributed by atoms with E-state index in [0.717, 1.165) is 41.2 Å². The molecule has 0 radical (unpaired) electrons. The van der Waals surface area contributed by atoms with Gasteiger partial charge in [0.05, 0.1) is 0 Å². The van der Waals surface area contributed by atoms with E-state index in [1.54, 1.807) is 13.3 Å². The largest absolute Gasteiger partial charge is 0.491 e. The Kier molecular flexibility index (Phi) is 6.27. The fourth-order valence-electron chi connectivity index (χ4n) is 3.88. The molecule has 3 aromatic rings. The minimum Gasteiger partial charge on any atom is -0.491 e. The maximum absolute atomic E-state index is 12.6. The van der Waals surface area contributed by atoms with E-state index in [1.165, 1.54) is 19.2 Å². The minimum absolute atomic E-state index is 0.264. The van der Waals surface area contributed by atoms with Gasteiger partial charge in [-0.15, -0.1) is 0 Å². The van der Waals surface area contributed by atoms with Crippen molar-refractivity contribution in [3.05, 3.63) is 53.8 Å². The Morgan fingerprint density at radius 1 is 1.19 bits per heavy atom. The maximum Gasteiger partial charge on any atom is 0.277 e. The van der Waals surface area contributed by atoms with Crippen LogP contribution in [-0.4, -0.2) is 40.1 Å². The summed E-state index contributed by atoms with van der Waals surface area (Å²) >= 11 is 0. The molecule has 162 valence electrons. The zero-order valence-corrected chi connectivity index (χ0v) is 18.1. The third kappa shape index (κ3) is 4.74. The summed E-state index contributed by atoms with van der Waals surface area (Å²) in [6.07, 6.45) is 6.35. The number of anilines is 1. The highest BCUT2D eigenvalue weighted by Crippen LogP contribution is 2.36. The number of oxazole rings is 1. The van der Waals surface area contributed by atoms with Gasteiger partial charge in [-0.3, -0.25) is 4.79 Å². The van der Waals surface area contributed by atoms with Crippen molar-refractivity contribution in [3.8, 4) is 16.9 Å². The molecule has 0 saturated carbocycles. The van der Waals surface area contributed by atoms with Crippen molar-refractivity contribution in [2.24, 2.45) is 0 Å². The van der Waals surface area contributed by atoms with Gasteiger partial charge < -0.3 is 19.8 Å². The standard InChI is InChI=1S/C23H27N5O3/c1-14-21(15(2)26-12-25-14)19-10-17(28-23(29)22-16(3)31-13-27-22)7-8-20(19)30-11-18-6-4-5-9-24-18/h7-8,10,12-13,18,24H,4-6,9,11H2,1-3H3,(H,28,29). The molecule has 0 bridgehead atoms. The van der Waals surface area contributed by atoms with Crippen LogP contribution in [0.15, 0.2) is 35.3 Å². The Bertz CT molecular complexity index is 1050. The van der Waals surface area contributed by atoms with Crippen molar-refractivity contribution in [3.63, 3.8) is 0 Å². The van der Waals surface area contributed by atoms with Crippen molar-refractivity contribution in [2.75, 3.05) is 18.5 Å². The molecule has 1 unspecified atom stereocenters. The van der Waals surface area contributed by atoms with E-state index in [1.807, 2.05) is 32.0 Å². The van der Waals surface area contributed by atoms with Gasteiger partial charge in [0.1, 0.15) is 24.4 Å². The number of hydrogen-bond donors (Lipinski definition) is 2. The third-order valence-electron chi connectivity index (χ3n) is 5.55. The molecule has 1 aliphatic heterocycles. The molecule has 2 N–H and O–H groups in total. The van der Waals surface area contributed by atoms with Crippen LogP contribution >= 0.6 is 0 Å². The Hall–Kier alpha value is -3.26. The second-order valence-corrected chi connectivity index (χ2v) is 7.80. The predicted octanol–water partition coefficient (Wildman–Crippen LogP) is 3.83. The molecule has 2 aromatic heterocycles. The van der Waals surface area contributed by atoms with E-state index >= 15 is 0 Å². The zero-order valence-electron chi connectivity index (χ0n) is 18.1. The van der Waals surface area contributed by atoms with Crippen LogP contribution in [0.25, 0.3) is 11.1 Å². The molecule has 0 aliphatic carbocycles. The molecule has 8 heteroatoms. The van der Waals surface area contributed by atoms with E-state index in [9.17, 15) is 4.79 Å². The van der Waals surface area contributed by atoms with Crippen molar-refractivity contribution < 1.29 is 13.9 Å². The first kappa shape index (κ1) is 21.0. The Labute approximate surface area is 181 Å². The van der Waals surface area contributed by atoms with E-state index in [2.05, 4.69) is 25.6 Å². The summed E-state index contributed by atoms with van der Waals surface area (Å²) in [4.78, 5) is 25.3. The molecule has 1 aliphatic rings. The average Bonchev–Trinajstić information content (AvgIpc) is 3.20. The number of piperidine rings is 1. The molecule has 0 spiro atoms. The maximum atomic E-state index is 12.6. The van der Waals surface area contributed by atoms with Gasteiger partial charge in [0.15, 0.2) is 12.1 Å². The van der Waals surface area contributed by atoms with Gasteiger partial charge in [0.25, 0.3) is 5.91 Å². The highest BCUT2D eigenvalue weighted by atomic mass is 16.5. The quantitative estimate of drug-likeness (QED) is 0.623. The molecule has 31 heavy (non-hydrogen) atoms. The van der Waals surface area contributed by atoms with Crippen LogP contribution in [0, 0.1) is 20.8 Å². The topological polar surface area (TPSA) is 102 Å². The minimum atomic E-state index is -0.324. The Balaban J connectivity index is 1.64. The predicted molar refractivity (Wildman–Crippen MR) is 117 cm³/mol. The van der Waals surface area contributed by atoms with Crippen LogP contribution in [-0.2, 0) is 0 Å². The highest BCUT2D eigenvalue weighted by Gasteiger charge is 2.19. The number of aryl methyl sites for hydroxylation is 3. The van der Waals surface area contributed by atoms with Crippen LogP contribution in [0.1, 0.15) is 46.9 Å². The second-order valence-electron chi connectivity index (χ2n) is 7.80. The lowest BCUT2D eigenvalue weighted by molar-refractivity contribution is 0.102. The van der Waals surface area contributed by atoms with Gasteiger partial charge in [-0.1, -0.05) is 6.42 Å². The number of aromatic nitrogens is 3. The molecule has 1 atom stereocenters. The van der Waals surface area contributed by atoms with Crippen LogP contribution in [0.5, 0.6) is 5.75 Å². The number of nitrogens with one attached hydrogen (secondary N) is 2. The number of ether oxygens (including phenoxy) is 1. The fraction of sp³-hybridized carbons (Fsp3) is 0.391. The van der Waals surface area contributed by atoms with Gasteiger partial charge in [-0.2, -0.15) is 0 Å². The average molecular weight is 422 g/mol. The number of carbonyl (C=O) groups excluding carboxylic acids is 1. The first-order valence-electron chi connectivity index (χ1n) is 10.5. The summed E-state index contributed by atoms with van der Waals surface area (Å²) in [6, 6.07) is 5.95. The van der Waals surface area contributed by atoms with Gasteiger partial charge >= 0.3 is 0 Å². The molecule has 1 fully saturated rings. The van der Waals surface area contributed by atoms with E-state index in [-0.39, 0.29) is 11.6 Å². The van der Waals surface area contributed by atoms with Crippen LogP contribution in [0.2, 0.25) is 0 Å². The van der Waals surface area contributed by atoms with Crippen molar-refractivity contribution >= 4 is 11.6 Å². The van der Waals surface area contributed by atoms with Gasteiger partial charge in [-0.05, 0) is 58.4 Å². The number of carbonyl (C=O) groups is 1. The van der Waals surface area contributed by atoms with E-state index in [0.29, 0.717) is 24.1 Å². The molecule has 1 saturated heterocycles. The van der Waals surface area contributed by atoms with Crippen LogP contribution < -0.4 is 15.4 Å². The summed E-state index contributed by atoms with van der Waals surface area (Å²) in [5.74, 6) is 0.889. The van der Waals surface area contributed by atoms with Crippen molar-refractivity contribution in [2.45, 2.75) is 46.1 Å². The lowest BCUT2D eigenvalue weighted by atomic mass is 10.0. The number of amides is 1. The third-order valence-corrected chi connectivity index (χ3v) is 5.55. The van der Waals surface area contributed by atoms with Gasteiger partial charge in [-0.25, -0.2) is 15.0 Å². The monoisotopic (exact) mass is 421 g/mol. The zero-order chi connectivity index (χ0) is 21.8. The number of benzene rings is 1. The lowest BCUT2D eigenvalue weighted by Crippen LogP contribution is -2.38. The smallest absolute Gasteiger partial charge is 0.277 e. The normalized spacial score (nSPS) is 16.2. The molecule has 4 rings (SSSR count). The molecular weight excluding hydrogens is 394 g/mol. The second kappa shape index (κ2) is 9.26. The summed E-state index contributed by atoms with van der Waals surface area (Å²) in [7, 11) is 0. The summed E-state index contributed by atoms with van der Waals surface area (Å²) < 4.78 is 11.4. The first-order chi connectivity index (χ1) is 15.0. The van der Waals surface area contributed by atoms with Crippen LogP contribution in [0.4, 0.5) is 5.69 Å². The SMILES string of the molecule is Cc1ncnc(C)c1-c1cc(NC(=O)c2ncoc2C)ccc1OCC1CCCCN1. The van der Waals surface area contributed by atoms with E-state index < -0.39 is 0 Å². The summed E-state index contributed by atoms with van der Waals surface area (Å²) in [5.41, 5.74) is 4.35. The molecule has 8 nitrogen and oxygen atoms in total. The molecular formula is C23H27N5O3. The molecule has 1 aromatic carbocycles. The number of rotatable bonds is 6. The Morgan fingerprint density at radius 2 is 2.00 bits per heavy atom. The van der Waals surface area contributed by atoms with Crippen molar-refractivity contribution in [1.29, 1.82) is 0 Å². The molecule has 3 heterocycles. The highest BCUT2D eigenvalue weighted by molar-refractivity contribution is 6.03. The fourth-order valence-corrected chi connectivity index (χ4v) is 3.88. The van der Waals surface area contributed by atoms with Crippen molar-refractivity contribution in [1.82, 2.24) is 20.3 Å². The van der Waals surface area contributed by atoms with Gasteiger partial charge in [0.2, 0.25) is 0 Å². The summed E-state index contributed by atoms with van der Waals surface area (Å²) in [6.45, 7) is 7.21. The van der Waals surface area contributed by atoms with Crippen LogP contribution in [0.3, 0.4) is 0 Å². The summed E-state index contributed by atoms with van der Waals surface area (Å²) in [5, 5.41) is 6.40. The number of nitrogens with zero attached hydrogens (tertiary/aromatic N) is 3. The Morgan fingerprint density at radius 3 is 2.68 bits per heavy atom. The lowest BCUT2D eigenvalue weighted by Gasteiger charge is -2.24.